The molecule has 2 aliphatic heterocycles. The highest BCUT2D eigenvalue weighted by molar-refractivity contribution is 7.21. The molecule has 0 saturated carbocycles. The third kappa shape index (κ3) is 5.50. The van der Waals surface area contributed by atoms with Gasteiger partial charge in [0.1, 0.15) is 10.7 Å². The van der Waals surface area contributed by atoms with Crippen molar-refractivity contribution < 1.29 is 19.1 Å². The van der Waals surface area contributed by atoms with E-state index < -0.39 is 11.9 Å². The number of halogens is 4. The SMILES string of the molecule is C/C(=C\c1c(Cl)cc(C(=O)Nc2nc(-c3cc(Cl)cs3)c(N3CC4NCC[C@@H]4C3)s2)cc1Cl)C(=O)OF. The van der Waals surface area contributed by atoms with E-state index in [1.807, 2.05) is 11.4 Å². The second-order valence-electron chi connectivity index (χ2n) is 8.82. The molecule has 0 radical (unpaired) electrons. The first-order chi connectivity index (χ1) is 17.7. The molecule has 2 N–H and O–H groups in total. The van der Waals surface area contributed by atoms with E-state index in [4.69, 9.17) is 39.8 Å². The second-order valence-corrected chi connectivity index (χ2v) is 12.0. The van der Waals surface area contributed by atoms with Crippen molar-refractivity contribution in [2.45, 2.75) is 19.4 Å². The van der Waals surface area contributed by atoms with Gasteiger partial charge in [-0.2, -0.15) is 0 Å². The molecule has 2 aliphatic rings. The summed E-state index contributed by atoms with van der Waals surface area (Å²) in [6, 6.07) is 5.17. The number of hydrogen-bond acceptors (Lipinski definition) is 8. The van der Waals surface area contributed by atoms with E-state index in [1.54, 1.807) is 0 Å². The molecule has 1 unspecified atom stereocenters. The van der Waals surface area contributed by atoms with Crippen LogP contribution in [0.25, 0.3) is 16.6 Å². The van der Waals surface area contributed by atoms with Crippen LogP contribution in [0.3, 0.4) is 0 Å². The molecule has 0 bridgehead atoms. The Labute approximate surface area is 235 Å². The van der Waals surface area contributed by atoms with E-state index in [9.17, 15) is 14.1 Å². The van der Waals surface area contributed by atoms with Crippen LogP contribution in [-0.4, -0.2) is 42.5 Å². The van der Waals surface area contributed by atoms with Gasteiger partial charge in [0.15, 0.2) is 5.13 Å². The number of anilines is 2. The van der Waals surface area contributed by atoms with Crippen molar-refractivity contribution >= 4 is 85.6 Å². The number of rotatable bonds is 6. The zero-order chi connectivity index (χ0) is 26.3. The number of nitrogens with zero attached hydrogens (tertiary/aromatic N) is 2. The standard InChI is InChI=1S/C24H20Cl3FN4O3S2/c1-11(23(34)35-28)4-15-16(26)5-13(6-17(15)27)21(33)31-24-30-20(19-7-14(25)10-36-19)22(37-24)32-8-12-2-3-29-18(12)9-32/h4-7,10,12,18,29H,2-3,8-9H2,1H3,(H,30,31,33)/b11-4+/t12-,18?/m1/s1. The summed E-state index contributed by atoms with van der Waals surface area (Å²) in [6.07, 6.45) is 2.44. The van der Waals surface area contributed by atoms with Crippen molar-refractivity contribution in [2.75, 3.05) is 29.9 Å². The van der Waals surface area contributed by atoms with Crippen LogP contribution in [0.15, 0.2) is 29.2 Å². The first kappa shape index (κ1) is 26.4. The lowest BCUT2D eigenvalue weighted by Gasteiger charge is -2.18. The lowest BCUT2D eigenvalue weighted by atomic mass is 10.1. The molecular weight excluding hydrogens is 582 g/mol. The van der Waals surface area contributed by atoms with E-state index in [1.165, 1.54) is 47.8 Å². The predicted molar refractivity (Wildman–Crippen MR) is 148 cm³/mol. The Morgan fingerprint density at radius 1 is 1.24 bits per heavy atom. The molecule has 0 aliphatic carbocycles. The van der Waals surface area contributed by atoms with Crippen molar-refractivity contribution in [2.24, 2.45) is 5.92 Å². The van der Waals surface area contributed by atoms with Crippen molar-refractivity contribution in [1.82, 2.24) is 10.3 Å². The van der Waals surface area contributed by atoms with Gasteiger partial charge in [-0.1, -0.05) is 46.1 Å². The zero-order valence-electron chi connectivity index (χ0n) is 19.3. The number of hydrogen-bond donors (Lipinski definition) is 2. The zero-order valence-corrected chi connectivity index (χ0v) is 23.2. The van der Waals surface area contributed by atoms with Gasteiger partial charge in [0.2, 0.25) is 0 Å². The molecule has 1 amide bonds. The maximum absolute atomic E-state index is 13.1. The molecule has 5 rings (SSSR count). The van der Waals surface area contributed by atoms with Crippen molar-refractivity contribution in [1.29, 1.82) is 0 Å². The Morgan fingerprint density at radius 3 is 2.65 bits per heavy atom. The van der Waals surface area contributed by atoms with Crippen LogP contribution in [0.5, 0.6) is 0 Å². The number of carbonyl (C=O) groups excluding carboxylic acids is 2. The summed E-state index contributed by atoms with van der Waals surface area (Å²) in [5, 5.41) is 10.6. The molecule has 4 heterocycles. The molecule has 13 heteroatoms. The Morgan fingerprint density at radius 2 is 2.00 bits per heavy atom. The van der Waals surface area contributed by atoms with Gasteiger partial charge in [-0.05, 0) is 50.1 Å². The van der Waals surface area contributed by atoms with Crippen molar-refractivity contribution in [3.8, 4) is 10.6 Å². The van der Waals surface area contributed by atoms with Gasteiger partial charge >= 0.3 is 5.97 Å². The number of amides is 1. The van der Waals surface area contributed by atoms with E-state index >= 15 is 0 Å². The largest absolute Gasteiger partial charge is 0.375 e. The van der Waals surface area contributed by atoms with E-state index in [2.05, 4.69) is 20.5 Å². The van der Waals surface area contributed by atoms with Crippen LogP contribution in [0, 0.1) is 5.92 Å². The lowest BCUT2D eigenvalue weighted by Crippen LogP contribution is -2.29. The fraction of sp³-hybridized carbons (Fsp3) is 0.292. The average Bonchev–Trinajstić information content (AvgIpc) is 3.64. The number of fused-ring (bicyclic) bond motifs is 1. The third-order valence-electron chi connectivity index (χ3n) is 6.37. The molecule has 1 aromatic carbocycles. The van der Waals surface area contributed by atoms with Gasteiger partial charge in [0.05, 0.1) is 19.9 Å². The highest BCUT2D eigenvalue weighted by Gasteiger charge is 2.38. The minimum Gasteiger partial charge on any atom is -0.360 e. The second kappa shape index (κ2) is 10.9. The summed E-state index contributed by atoms with van der Waals surface area (Å²) in [7, 11) is 0. The first-order valence-electron chi connectivity index (χ1n) is 11.3. The summed E-state index contributed by atoms with van der Waals surface area (Å²) in [4.78, 5) is 35.7. The molecule has 2 fully saturated rings. The third-order valence-corrected chi connectivity index (χ3v) is 9.32. The maximum atomic E-state index is 13.1. The van der Waals surface area contributed by atoms with Gasteiger partial charge < -0.3 is 10.2 Å². The first-order valence-corrected chi connectivity index (χ1v) is 14.1. The van der Waals surface area contributed by atoms with Crippen LogP contribution in [-0.2, 0) is 9.74 Å². The topological polar surface area (TPSA) is 83.6 Å². The van der Waals surface area contributed by atoms with Gasteiger partial charge in [0, 0.05) is 45.7 Å². The summed E-state index contributed by atoms with van der Waals surface area (Å²) in [5.41, 5.74) is 1.21. The number of carbonyl (C=O) groups is 2. The summed E-state index contributed by atoms with van der Waals surface area (Å²) < 4.78 is 12.2. The number of benzene rings is 1. The lowest BCUT2D eigenvalue weighted by molar-refractivity contribution is -0.178. The number of nitrogens with one attached hydrogen (secondary N) is 2. The van der Waals surface area contributed by atoms with Crippen molar-refractivity contribution in [3.63, 3.8) is 0 Å². The minimum absolute atomic E-state index is 0.0405. The van der Waals surface area contributed by atoms with Crippen LogP contribution >= 0.6 is 57.5 Å². The van der Waals surface area contributed by atoms with Gasteiger partial charge in [-0.15, -0.1) is 11.3 Å². The normalized spacial score (nSPS) is 19.3. The number of aromatic nitrogens is 1. The number of thiazole rings is 1. The Hall–Kier alpha value is -2.21. The van der Waals surface area contributed by atoms with Crippen LogP contribution < -0.4 is 15.5 Å². The average molecular weight is 602 g/mol. The molecule has 2 aromatic heterocycles. The molecule has 194 valence electrons. The summed E-state index contributed by atoms with van der Waals surface area (Å²) in [5.74, 6) is -1.02. The monoisotopic (exact) mass is 600 g/mol. The van der Waals surface area contributed by atoms with E-state index in [-0.39, 0.29) is 26.7 Å². The predicted octanol–water partition coefficient (Wildman–Crippen LogP) is 6.71. The van der Waals surface area contributed by atoms with Gasteiger partial charge in [-0.3, -0.25) is 10.1 Å². The van der Waals surface area contributed by atoms with E-state index in [0.717, 1.165) is 41.6 Å². The van der Waals surface area contributed by atoms with Crippen LogP contribution in [0.4, 0.5) is 14.7 Å². The highest BCUT2D eigenvalue weighted by Crippen LogP contribution is 2.44. The Bertz CT molecular complexity index is 1370. The molecular formula is C24H20Cl3FN4O3S2. The molecule has 2 saturated heterocycles. The number of thiophene rings is 1. The van der Waals surface area contributed by atoms with Crippen LogP contribution in [0.2, 0.25) is 15.1 Å². The quantitative estimate of drug-likeness (QED) is 0.306. The Balaban J connectivity index is 1.41. The van der Waals surface area contributed by atoms with Gasteiger partial charge in [0.25, 0.3) is 5.91 Å². The highest BCUT2D eigenvalue weighted by atomic mass is 35.5. The maximum Gasteiger partial charge on any atom is 0.375 e. The van der Waals surface area contributed by atoms with Crippen molar-refractivity contribution in [3.05, 3.63) is 55.3 Å². The fourth-order valence-corrected chi connectivity index (χ4v) is 7.27. The molecule has 2 atom stereocenters. The van der Waals surface area contributed by atoms with Crippen LogP contribution in [0.1, 0.15) is 29.3 Å². The van der Waals surface area contributed by atoms with E-state index in [0.29, 0.717) is 22.1 Å². The smallest absolute Gasteiger partial charge is 0.360 e. The molecule has 37 heavy (non-hydrogen) atoms. The summed E-state index contributed by atoms with van der Waals surface area (Å²) >= 11 is 21.7. The molecule has 3 aromatic rings. The van der Waals surface area contributed by atoms with Gasteiger partial charge in [-0.25, -0.2) is 14.7 Å². The minimum atomic E-state index is -1.16. The summed E-state index contributed by atoms with van der Waals surface area (Å²) in [6.45, 7) is 4.20. The molecule has 7 nitrogen and oxygen atoms in total. The fourth-order valence-electron chi connectivity index (χ4n) is 4.55. The Kier molecular flexibility index (Phi) is 7.76. The molecule has 0 spiro atoms.